The van der Waals surface area contributed by atoms with Gasteiger partial charge in [-0.05, 0) is 54.7 Å². The molecule has 0 unspecified atom stereocenters. The molecular weight excluding hydrogens is 368 g/mol. The molecule has 146 valence electrons. The first kappa shape index (κ1) is 20.2. The number of hydrogen-bond donors (Lipinski definition) is 1. The molecule has 0 saturated heterocycles. The van der Waals surface area contributed by atoms with E-state index in [4.69, 9.17) is 0 Å². The number of benzene rings is 2. The van der Waals surface area contributed by atoms with Crippen LogP contribution in [0.25, 0.3) is 6.08 Å². The van der Waals surface area contributed by atoms with Crippen LogP contribution in [0.15, 0.2) is 52.3 Å². The molecule has 1 aliphatic rings. The van der Waals surface area contributed by atoms with Gasteiger partial charge in [-0.2, -0.15) is 0 Å². The van der Waals surface area contributed by atoms with Crippen molar-refractivity contribution in [1.29, 1.82) is 0 Å². The van der Waals surface area contributed by atoms with E-state index in [1.807, 2.05) is 49.4 Å². The number of rotatable bonds is 5. The predicted molar refractivity (Wildman–Crippen MR) is 117 cm³/mol. The Morgan fingerprint density at radius 1 is 1.21 bits per heavy atom. The van der Waals surface area contributed by atoms with Gasteiger partial charge in [-0.1, -0.05) is 49.9 Å². The Morgan fingerprint density at radius 3 is 2.68 bits per heavy atom. The fourth-order valence-electron chi connectivity index (χ4n) is 3.00. The number of carbonyl (C=O) groups is 2. The summed E-state index contributed by atoms with van der Waals surface area (Å²) in [6.45, 7) is 6.95. The van der Waals surface area contributed by atoms with E-state index in [2.05, 4.69) is 19.2 Å². The van der Waals surface area contributed by atoms with E-state index in [-0.39, 0.29) is 11.8 Å². The molecule has 0 radical (unpaired) electrons. The summed E-state index contributed by atoms with van der Waals surface area (Å²) in [5, 5.41) is 2.95. The largest absolute Gasteiger partial charge is 0.352 e. The third-order valence-electron chi connectivity index (χ3n) is 4.80. The summed E-state index contributed by atoms with van der Waals surface area (Å²) in [5.74, 6) is 0.385. The van der Waals surface area contributed by atoms with Crippen LogP contribution >= 0.6 is 11.8 Å². The van der Waals surface area contributed by atoms with Crippen LogP contribution in [0.1, 0.15) is 41.8 Å². The summed E-state index contributed by atoms with van der Waals surface area (Å²) in [7, 11) is 1.76. The zero-order chi connectivity index (χ0) is 20.3. The Balaban J connectivity index is 1.83. The fourth-order valence-corrected chi connectivity index (χ4v) is 4.09. The standard InChI is InChI=1S/C23H26N2O2S/c1-15(2)11-12-24-22(26)18-9-10-20-19(13-18)25(4)23(27)21(28-20)14-17-8-6-5-7-16(17)3/h5-10,13-15H,11-12H2,1-4H3,(H,24,26)/b21-14-. The Hall–Kier alpha value is -2.53. The van der Waals surface area contributed by atoms with Gasteiger partial charge in [0.05, 0.1) is 10.6 Å². The quantitative estimate of drug-likeness (QED) is 0.735. The van der Waals surface area contributed by atoms with E-state index in [9.17, 15) is 9.59 Å². The third-order valence-corrected chi connectivity index (χ3v) is 5.88. The molecule has 3 rings (SSSR count). The normalized spacial score (nSPS) is 15.1. The van der Waals surface area contributed by atoms with E-state index in [0.29, 0.717) is 22.9 Å². The van der Waals surface area contributed by atoms with E-state index in [0.717, 1.165) is 28.1 Å². The maximum atomic E-state index is 12.9. The lowest BCUT2D eigenvalue weighted by Gasteiger charge is -2.27. The van der Waals surface area contributed by atoms with Gasteiger partial charge in [-0.25, -0.2) is 0 Å². The van der Waals surface area contributed by atoms with Gasteiger partial charge >= 0.3 is 0 Å². The first-order valence-electron chi connectivity index (χ1n) is 9.52. The lowest BCUT2D eigenvalue weighted by Crippen LogP contribution is -2.31. The van der Waals surface area contributed by atoms with Crippen LogP contribution in [-0.4, -0.2) is 25.4 Å². The Kier molecular flexibility index (Phi) is 6.25. The van der Waals surface area contributed by atoms with Crippen LogP contribution in [0.5, 0.6) is 0 Å². The number of nitrogens with one attached hydrogen (secondary N) is 1. The fraction of sp³-hybridized carbons (Fsp3) is 0.304. The van der Waals surface area contributed by atoms with Gasteiger partial charge in [-0.15, -0.1) is 0 Å². The molecule has 0 saturated carbocycles. The van der Waals surface area contributed by atoms with E-state index >= 15 is 0 Å². The zero-order valence-electron chi connectivity index (χ0n) is 16.8. The second kappa shape index (κ2) is 8.65. The predicted octanol–water partition coefficient (Wildman–Crippen LogP) is 4.88. The second-order valence-electron chi connectivity index (χ2n) is 7.45. The number of nitrogens with zero attached hydrogens (tertiary/aromatic N) is 1. The van der Waals surface area contributed by atoms with Crippen LogP contribution in [0, 0.1) is 12.8 Å². The van der Waals surface area contributed by atoms with Crippen molar-refractivity contribution in [3.8, 4) is 0 Å². The highest BCUT2D eigenvalue weighted by atomic mass is 32.2. The highest BCUT2D eigenvalue weighted by molar-refractivity contribution is 8.04. The summed E-state index contributed by atoms with van der Waals surface area (Å²) in [5.41, 5.74) is 3.52. The summed E-state index contributed by atoms with van der Waals surface area (Å²) in [4.78, 5) is 28.6. The molecule has 0 bridgehead atoms. The van der Waals surface area contributed by atoms with E-state index in [1.165, 1.54) is 11.8 Å². The van der Waals surface area contributed by atoms with Gasteiger partial charge in [0.2, 0.25) is 0 Å². The SMILES string of the molecule is Cc1ccccc1/C=C1\Sc2ccc(C(=O)NCCC(C)C)cc2N(C)C1=O. The number of amides is 2. The van der Waals surface area contributed by atoms with Crippen LogP contribution < -0.4 is 10.2 Å². The molecule has 1 aliphatic heterocycles. The average molecular weight is 395 g/mol. The minimum Gasteiger partial charge on any atom is -0.352 e. The summed E-state index contributed by atoms with van der Waals surface area (Å²) in [6.07, 6.45) is 2.88. The average Bonchev–Trinajstić information content (AvgIpc) is 2.67. The maximum absolute atomic E-state index is 12.9. The van der Waals surface area contributed by atoms with E-state index < -0.39 is 0 Å². The lowest BCUT2D eigenvalue weighted by molar-refractivity contribution is -0.114. The van der Waals surface area contributed by atoms with Crippen LogP contribution in [-0.2, 0) is 4.79 Å². The molecule has 2 amide bonds. The number of carbonyl (C=O) groups excluding carboxylic acids is 2. The van der Waals surface area contributed by atoms with Crippen molar-refractivity contribution >= 4 is 35.3 Å². The van der Waals surface area contributed by atoms with E-state index in [1.54, 1.807) is 18.0 Å². The molecule has 0 spiro atoms. The van der Waals surface area contributed by atoms with Crippen LogP contribution in [0.3, 0.4) is 0 Å². The Bertz CT molecular complexity index is 934. The Labute approximate surface area is 171 Å². The van der Waals surface area contributed by atoms with Gasteiger partial charge in [0.25, 0.3) is 11.8 Å². The molecule has 4 nitrogen and oxygen atoms in total. The number of anilines is 1. The number of thioether (sulfide) groups is 1. The molecule has 0 atom stereocenters. The third kappa shape index (κ3) is 4.47. The van der Waals surface area contributed by atoms with Crippen molar-refractivity contribution in [1.82, 2.24) is 5.32 Å². The maximum Gasteiger partial charge on any atom is 0.264 e. The molecule has 28 heavy (non-hydrogen) atoms. The molecular formula is C23H26N2O2S. The number of fused-ring (bicyclic) bond motifs is 1. The Morgan fingerprint density at radius 2 is 1.96 bits per heavy atom. The number of hydrogen-bond acceptors (Lipinski definition) is 3. The monoisotopic (exact) mass is 394 g/mol. The summed E-state index contributed by atoms with van der Waals surface area (Å²) >= 11 is 1.45. The number of aryl methyl sites for hydroxylation is 1. The first-order chi connectivity index (χ1) is 13.4. The molecule has 0 aromatic heterocycles. The highest BCUT2D eigenvalue weighted by Gasteiger charge is 2.27. The number of likely N-dealkylation sites (N-methyl/N-ethyl adjacent to an activating group) is 1. The van der Waals surface area contributed by atoms with Gasteiger partial charge < -0.3 is 10.2 Å². The van der Waals surface area contributed by atoms with Crippen molar-refractivity contribution in [2.75, 3.05) is 18.5 Å². The van der Waals surface area contributed by atoms with Crippen molar-refractivity contribution in [3.63, 3.8) is 0 Å². The van der Waals surface area contributed by atoms with Crippen molar-refractivity contribution < 1.29 is 9.59 Å². The smallest absolute Gasteiger partial charge is 0.264 e. The minimum absolute atomic E-state index is 0.0573. The van der Waals surface area contributed by atoms with Crippen LogP contribution in [0.4, 0.5) is 5.69 Å². The van der Waals surface area contributed by atoms with Crippen molar-refractivity contribution in [2.24, 2.45) is 5.92 Å². The topological polar surface area (TPSA) is 49.4 Å². The molecule has 2 aromatic carbocycles. The van der Waals surface area contributed by atoms with Crippen molar-refractivity contribution in [3.05, 3.63) is 64.1 Å². The molecule has 1 N–H and O–H groups in total. The highest BCUT2D eigenvalue weighted by Crippen LogP contribution is 2.42. The van der Waals surface area contributed by atoms with Gasteiger partial charge in [-0.3, -0.25) is 9.59 Å². The zero-order valence-corrected chi connectivity index (χ0v) is 17.6. The lowest BCUT2D eigenvalue weighted by atomic mass is 10.1. The van der Waals surface area contributed by atoms with Gasteiger partial charge in [0, 0.05) is 24.1 Å². The molecule has 0 aliphatic carbocycles. The summed E-state index contributed by atoms with van der Waals surface area (Å²) in [6, 6.07) is 13.6. The molecule has 0 fully saturated rings. The molecule has 1 heterocycles. The first-order valence-corrected chi connectivity index (χ1v) is 10.3. The van der Waals surface area contributed by atoms with Gasteiger partial charge in [0.1, 0.15) is 0 Å². The van der Waals surface area contributed by atoms with Crippen LogP contribution in [0.2, 0.25) is 0 Å². The second-order valence-corrected chi connectivity index (χ2v) is 8.54. The molecule has 2 aromatic rings. The van der Waals surface area contributed by atoms with Gasteiger partial charge in [0.15, 0.2) is 0 Å². The molecule has 5 heteroatoms. The minimum atomic E-state index is -0.101. The van der Waals surface area contributed by atoms with Crippen molar-refractivity contribution in [2.45, 2.75) is 32.1 Å². The summed E-state index contributed by atoms with van der Waals surface area (Å²) < 4.78 is 0.